The number of rotatable bonds is 5. The largest absolute Gasteiger partial charge is 0.379 e. The normalized spacial score (nSPS) is 15.2. The topological polar surface area (TPSA) is 21.3 Å². The molecular formula is C10H23NO. The standard InChI is InChI=1S/C10H23NO/c1-8(2)9(11-5)7-10(3,4)12-6/h8-9,11H,7H2,1-6H3. The smallest absolute Gasteiger partial charge is 0.0637 e. The molecule has 0 bridgehead atoms. The third kappa shape index (κ3) is 4.07. The average molecular weight is 173 g/mol. The second kappa shape index (κ2) is 4.83. The van der Waals surface area contributed by atoms with Crippen molar-refractivity contribution in [1.82, 2.24) is 5.32 Å². The first-order chi connectivity index (χ1) is 5.43. The molecule has 0 saturated heterocycles. The first-order valence-electron chi connectivity index (χ1n) is 4.65. The molecular weight excluding hydrogens is 150 g/mol. The molecule has 0 heterocycles. The third-order valence-corrected chi connectivity index (χ3v) is 2.44. The molecule has 0 aliphatic heterocycles. The summed E-state index contributed by atoms with van der Waals surface area (Å²) in [5.41, 5.74) is -0.0159. The van der Waals surface area contributed by atoms with Crippen LogP contribution in [0, 0.1) is 5.92 Å². The van der Waals surface area contributed by atoms with E-state index >= 15 is 0 Å². The lowest BCUT2D eigenvalue weighted by Crippen LogP contribution is -2.39. The van der Waals surface area contributed by atoms with Crippen molar-refractivity contribution in [2.45, 2.75) is 45.8 Å². The van der Waals surface area contributed by atoms with E-state index in [1.54, 1.807) is 7.11 Å². The van der Waals surface area contributed by atoms with Crippen molar-refractivity contribution in [3.8, 4) is 0 Å². The molecule has 0 aromatic heterocycles. The third-order valence-electron chi connectivity index (χ3n) is 2.44. The second-order valence-electron chi connectivity index (χ2n) is 4.31. The Balaban J connectivity index is 4.01. The van der Waals surface area contributed by atoms with Gasteiger partial charge in [-0.05, 0) is 33.2 Å². The molecule has 0 radical (unpaired) electrons. The lowest BCUT2D eigenvalue weighted by Gasteiger charge is -2.30. The molecule has 0 aliphatic rings. The van der Waals surface area contributed by atoms with Gasteiger partial charge in [-0.25, -0.2) is 0 Å². The summed E-state index contributed by atoms with van der Waals surface area (Å²) in [5, 5.41) is 3.31. The van der Waals surface area contributed by atoms with Crippen LogP contribution in [0.2, 0.25) is 0 Å². The number of nitrogens with one attached hydrogen (secondary N) is 1. The number of methoxy groups -OCH3 is 1. The van der Waals surface area contributed by atoms with Crippen LogP contribution in [0.3, 0.4) is 0 Å². The molecule has 2 nitrogen and oxygen atoms in total. The van der Waals surface area contributed by atoms with E-state index in [1.165, 1.54) is 0 Å². The van der Waals surface area contributed by atoms with Crippen molar-refractivity contribution >= 4 is 0 Å². The van der Waals surface area contributed by atoms with Gasteiger partial charge in [0.2, 0.25) is 0 Å². The SMILES string of the molecule is CNC(CC(C)(C)OC)C(C)C. The minimum atomic E-state index is -0.0159. The Morgan fingerprint density at radius 1 is 1.33 bits per heavy atom. The van der Waals surface area contributed by atoms with Crippen molar-refractivity contribution in [2.75, 3.05) is 14.2 Å². The van der Waals surface area contributed by atoms with Crippen molar-refractivity contribution < 1.29 is 4.74 Å². The summed E-state index contributed by atoms with van der Waals surface area (Å²) >= 11 is 0. The first kappa shape index (κ1) is 11.9. The molecule has 1 atom stereocenters. The molecule has 0 saturated carbocycles. The highest BCUT2D eigenvalue weighted by Crippen LogP contribution is 2.19. The minimum Gasteiger partial charge on any atom is -0.379 e. The molecule has 0 amide bonds. The van der Waals surface area contributed by atoms with Crippen LogP contribution in [0.15, 0.2) is 0 Å². The van der Waals surface area contributed by atoms with Crippen molar-refractivity contribution in [3.63, 3.8) is 0 Å². The molecule has 1 N–H and O–H groups in total. The maximum absolute atomic E-state index is 5.38. The maximum atomic E-state index is 5.38. The summed E-state index contributed by atoms with van der Waals surface area (Å²) < 4.78 is 5.38. The molecule has 1 unspecified atom stereocenters. The van der Waals surface area contributed by atoms with Gasteiger partial charge < -0.3 is 10.1 Å². The van der Waals surface area contributed by atoms with Gasteiger partial charge in [-0.1, -0.05) is 13.8 Å². The van der Waals surface area contributed by atoms with E-state index < -0.39 is 0 Å². The van der Waals surface area contributed by atoms with E-state index in [4.69, 9.17) is 4.74 Å². The zero-order valence-electron chi connectivity index (χ0n) is 9.27. The Morgan fingerprint density at radius 2 is 1.83 bits per heavy atom. The number of hydrogen-bond acceptors (Lipinski definition) is 2. The Bertz CT molecular complexity index is 121. The van der Waals surface area contributed by atoms with E-state index in [2.05, 4.69) is 33.0 Å². The zero-order valence-corrected chi connectivity index (χ0v) is 9.27. The van der Waals surface area contributed by atoms with Crippen molar-refractivity contribution in [2.24, 2.45) is 5.92 Å². The van der Waals surface area contributed by atoms with Gasteiger partial charge in [-0.15, -0.1) is 0 Å². The fraction of sp³-hybridized carbons (Fsp3) is 1.00. The van der Waals surface area contributed by atoms with Crippen LogP contribution in [-0.2, 0) is 4.74 Å². The van der Waals surface area contributed by atoms with Gasteiger partial charge in [0.15, 0.2) is 0 Å². The average Bonchev–Trinajstić information content (AvgIpc) is 2.00. The molecule has 0 fully saturated rings. The maximum Gasteiger partial charge on any atom is 0.0637 e. The van der Waals surface area contributed by atoms with E-state index in [-0.39, 0.29) is 5.60 Å². The fourth-order valence-corrected chi connectivity index (χ4v) is 1.28. The van der Waals surface area contributed by atoms with Crippen LogP contribution in [-0.4, -0.2) is 25.8 Å². The van der Waals surface area contributed by atoms with Crippen LogP contribution in [0.25, 0.3) is 0 Å². The van der Waals surface area contributed by atoms with E-state index in [1.807, 2.05) is 7.05 Å². The van der Waals surface area contributed by atoms with Gasteiger partial charge in [0.05, 0.1) is 5.60 Å². The Morgan fingerprint density at radius 3 is 2.08 bits per heavy atom. The molecule has 12 heavy (non-hydrogen) atoms. The van der Waals surface area contributed by atoms with Gasteiger partial charge >= 0.3 is 0 Å². The van der Waals surface area contributed by atoms with Crippen LogP contribution in [0.1, 0.15) is 34.1 Å². The highest BCUT2D eigenvalue weighted by molar-refractivity contribution is 4.79. The summed E-state index contributed by atoms with van der Waals surface area (Å²) in [6.45, 7) is 8.71. The lowest BCUT2D eigenvalue weighted by atomic mass is 9.92. The summed E-state index contributed by atoms with van der Waals surface area (Å²) in [4.78, 5) is 0. The highest BCUT2D eigenvalue weighted by Gasteiger charge is 2.23. The minimum absolute atomic E-state index is 0.0159. The molecule has 0 spiro atoms. The molecule has 0 aromatic rings. The molecule has 2 heteroatoms. The molecule has 0 aliphatic carbocycles. The van der Waals surface area contributed by atoms with Gasteiger partial charge in [0, 0.05) is 13.2 Å². The predicted octanol–water partition coefficient (Wildman–Crippen LogP) is 2.05. The summed E-state index contributed by atoms with van der Waals surface area (Å²) in [5.74, 6) is 0.657. The van der Waals surface area contributed by atoms with Crippen LogP contribution < -0.4 is 5.32 Å². The van der Waals surface area contributed by atoms with E-state index in [0.29, 0.717) is 12.0 Å². The monoisotopic (exact) mass is 173 g/mol. The molecule has 74 valence electrons. The fourth-order valence-electron chi connectivity index (χ4n) is 1.28. The summed E-state index contributed by atoms with van der Waals surface area (Å²) in [6.07, 6.45) is 1.05. The lowest BCUT2D eigenvalue weighted by molar-refractivity contribution is 0.00370. The molecule has 0 rings (SSSR count). The van der Waals surface area contributed by atoms with Gasteiger partial charge in [-0.2, -0.15) is 0 Å². The van der Waals surface area contributed by atoms with E-state index in [9.17, 15) is 0 Å². The van der Waals surface area contributed by atoms with Crippen molar-refractivity contribution in [1.29, 1.82) is 0 Å². The summed E-state index contributed by atoms with van der Waals surface area (Å²) in [6, 6.07) is 0.542. The zero-order chi connectivity index (χ0) is 9.78. The Hall–Kier alpha value is -0.0800. The first-order valence-corrected chi connectivity index (χ1v) is 4.65. The summed E-state index contributed by atoms with van der Waals surface area (Å²) in [7, 11) is 3.78. The Labute approximate surface area is 76.7 Å². The van der Waals surface area contributed by atoms with Crippen molar-refractivity contribution in [3.05, 3.63) is 0 Å². The predicted molar refractivity (Wildman–Crippen MR) is 53.4 cm³/mol. The van der Waals surface area contributed by atoms with Gasteiger partial charge in [0.1, 0.15) is 0 Å². The van der Waals surface area contributed by atoms with Crippen LogP contribution in [0.4, 0.5) is 0 Å². The quantitative estimate of drug-likeness (QED) is 0.687. The van der Waals surface area contributed by atoms with E-state index in [0.717, 1.165) is 6.42 Å². The second-order valence-corrected chi connectivity index (χ2v) is 4.31. The van der Waals surface area contributed by atoms with Crippen LogP contribution >= 0.6 is 0 Å². The highest BCUT2D eigenvalue weighted by atomic mass is 16.5. The Kier molecular flexibility index (Phi) is 4.80. The van der Waals surface area contributed by atoms with Crippen LogP contribution in [0.5, 0.6) is 0 Å². The van der Waals surface area contributed by atoms with Gasteiger partial charge in [-0.3, -0.25) is 0 Å². The molecule has 0 aromatic carbocycles. The number of hydrogen-bond donors (Lipinski definition) is 1. The number of ether oxygens (including phenoxy) is 1. The van der Waals surface area contributed by atoms with Gasteiger partial charge in [0.25, 0.3) is 0 Å².